The first-order valence-electron chi connectivity index (χ1n) is 5.03. The third kappa shape index (κ3) is 2.65. The molecule has 0 aromatic carbocycles. The van der Waals surface area contributed by atoms with Crippen LogP contribution in [-0.4, -0.2) is 16.3 Å². The number of hydrogen-bond acceptors (Lipinski definition) is 0. The van der Waals surface area contributed by atoms with Crippen LogP contribution in [-0.2, 0) is 0 Å². The number of rotatable bonds is 3. The maximum atomic E-state index is 2.38. The summed E-state index contributed by atoms with van der Waals surface area (Å²) in [5, 5.41) is 1.51. The van der Waals surface area contributed by atoms with Gasteiger partial charge in [0.05, 0.1) is 0 Å². The van der Waals surface area contributed by atoms with E-state index in [-0.39, 0.29) is 0 Å². The van der Waals surface area contributed by atoms with E-state index >= 15 is 0 Å². The zero-order chi connectivity index (χ0) is 8.10. The van der Waals surface area contributed by atoms with Crippen LogP contribution in [0.5, 0.6) is 0 Å². The van der Waals surface area contributed by atoms with Gasteiger partial charge in [-0.05, 0) is 25.2 Å². The Hall–Kier alpha value is 0.272. The van der Waals surface area contributed by atoms with Crippen molar-refractivity contribution >= 4 is 16.3 Å². The highest BCUT2D eigenvalue weighted by Crippen LogP contribution is 2.29. The third-order valence-corrected chi connectivity index (χ3v) is 4.07. The maximum absolute atomic E-state index is 2.38. The summed E-state index contributed by atoms with van der Waals surface area (Å²) in [7, 11) is 0. The highest BCUT2D eigenvalue weighted by atomic mass is 27.0. The molecule has 2 atom stereocenters. The van der Waals surface area contributed by atoms with Crippen LogP contribution < -0.4 is 0 Å². The van der Waals surface area contributed by atoms with Gasteiger partial charge in [0.1, 0.15) is 0 Å². The summed E-state index contributed by atoms with van der Waals surface area (Å²) in [4.78, 5) is 0. The van der Waals surface area contributed by atoms with Crippen LogP contribution in [0.1, 0.15) is 32.6 Å². The van der Waals surface area contributed by atoms with Gasteiger partial charge in [-0.1, -0.05) is 36.7 Å². The first-order chi connectivity index (χ1) is 5.38. The van der Waals surface area contributed by atoms with Crippen LogP contribution in [0.2, 0.25) is 5.28 Å². The van der Waals surface area contributed by atoms with Gasteiger partial charge in [-0.2, -0.15) is 0 Å². The average Bonchev–Trinajstić information content (AvgIpc) is 2.09. The minimum Gasteiger partial charge on any atom is -0.0982 e. The second-order valence-electron chi connectivity index (χ2n) is 3.62. The molecular formula is C10H19Al. The van der Waals surface area contributed by atoms with Gasteiger partial charge in [-0.25, -0.2) is 0 Å². The predicted octanol–water partition coefficient (Wildman–Crippen LogP) is 2.42. The monoisotopic (exact) mass is 166 g/mol. The molecule has 0 nitrogen and oxygen atoms in total. The minimum absolute atomic E-state index is 1.03. The van der Waals surface area contributed by atoms with Crippen molar-refractivity contribution in [3.8, 4) is 0 Å². The van der Waals surface area contributed by atoms with E-state index in [4.69, 9.17) is 0 Å². The summed E-state index contributed by atoms with van der Waals surface area (Å²) >= 11 is 1.39. The first kappa shape index (κ1) is 9.36. The topological polar surface area (TPSA) is 0 Å². The van der Waals surface area contributed by atoms with Crippen LogP contribution in [0.4, 0.5) is 0 Å². The van der Waals surface area contributed by atoms with Crippen molar-refractivity contribution in [1.29, 1.82) is 0 Å². The third-order valence-electron chi connectivity index (χ3n) is 3.03. The SMILES string of the molecule is CCC([CH2][AlH2])C1CC=CCC1. The minimum atomic E-state index is 1.03. The van der Waals surface area contributed by atoms with Crippen LogP contribution in [0.25, 0.3) is 0 Å². The largest absolute Gasteiger partial charge is 0.212 e. The van der Waals surface area contributed by atoms with Crippen LogP contribution in [0, 0.1) is 11.8 Å². The van der Waals surface area contributed by atoms with Crippen molar-refractivity contribution < 1.29 is 0 Å². The van der Waals surface area contributed by atoms with Gasteiger partial charge in [0.15, 0.2) is 0 Å². The molecule has 0 fully saturated rings. The molecule has 0 saturated heterocycles. The lowest BCUT2D eigenvalue weighted by Gasteiger charge is -2.26. The molecule has 2 unspecified atom stereocenters. The molecule has 1 rings (SSSR count). The molecule has 0 amide bonds. The van der Waals surface area contributed by atoms with Crippen LogP contribution >= 0.6 is 0 Å². The Kier molecular flexibility index (Phi) is 4.27. The Morgan fingerprint density at radius 3 is 2.82 bits per heavy atom. The lowest BCUT2D eigenvalue weighted by Crippen LogP contribution is -2.14. The number of allylic oxidation sites excluding steroid dienone is 2. The average molecular weight is 166 g/mol. The molecule has 0 N–H and O–H groups in total. The fourth-order valence-electron chi connectivity index (χ4n) is 2.20. The van der Waals surface area contributed by atoms with Crippen molar-refractivity contribution in [3.05, 3.63) is 12.2 Å². The zero-order valence-corrected chi connectivity index (χ0v) is 9.84. The van der Waals surface area contributed by atoms with E-state index < -0.39 is 0 Å². The van der Waals surface area contributed by atoms with Gasteiger partial charge in [0.2, 0.25) is 16.3 Å². The van der Waals surface area contributed by atoms with E-state index in [1.807, 2.05) is 0 Å². The number of hydrogen-bond donors (Lipinski definition) is 0. The van der Waals surface area contributed by atoms with Crippen molar-refractivity contribution in [2.45, 2.75) is 37.9 Å². The Labute approximate surface area is 78.5 Å². The molecule has 0 aromatic rings. The van der Waals surface area contributed by atoms with Crippen LogP contribution in [0.3, 0.4) is 0 Å². The molecule has 0 radical (unpaired) electrons. The molecule has 0 aromatic heterocycles. The lowest BCUT2D eigenvalue weighted by atomic mass is 9.82. The summed E-state index contributed by atoms with van der Waals surface area (Å²) in [6.07, 6.45) is 10.3. The summed E-state index contributed by atoms with van der Waals surface area (Å²) < 4.78 is 0. The molecule has 0 heterocycles. The van der Waals surface area contributed by atoms with Gasteiger partial charge in [-0.15, -0.1) is 0 Å². The Balaban J connectivity index is 2.38. The second-order valence-corrected chi connectivity index (χ2v) is 4.44. The van der Waals surface area contributed by atoms with Crippen molar-refractivity contribution in [2.75, 3.05) is 0 Å². The fraction of sp³-hybridized carbons (Fsp3) is 0.800. The van der Waals surface area contributed by atoms with E-state index in [1.54, 1.807) is 0 Å². The molecule has 1 aliphatic rings. The Morgan fingerprint density at radius 1 is 1.55 bits per heavy atom. The van der Waals surface area contributed by atoms with E-state index in [9.17, 15) is 0 Å². The smallest absolute Gasteiger partial charge is 0.0982 e. The summed E-state index contributed by atoms with van der Waals surface area (Å²) in [6, 6.07) is 0. The fourth-order valence-corrected chi connectivity index (χ4v) is 3.44. The highest BCUT2D eigenvalue weighted by Gasteiger charge is 2.17. The molecular weight excluding hydrogens is 147 g/mol. The normalized spacial score (nSPS) is 26.8. The van der Waals surface area contributed by atoms with Crippen molar-refractivity contribution in [1.82, 2.24) is 0 Å². The Bertz CT molecular complexity index is 125. The van der Waals surface area contributed by atoms with Gasteiger partial charge in [0.25, 0.3) is 0 Å². The van der Waals surface area contributed by atoms with Gasteiger partial charge >= 0.3 is 0 Å². The molecule has 1 aliphatic carbocycles. The van der Waals surface area contributed by atoms with Gasteiger partial charge < -0.3 is 0 Å². The molecule has 0 bridgehead atoms. The standard InChI is InChI=1S/C10H17.Al.2H/c1-3-9(2)10-7-5-4-6-8-10;;;/h4-5,9-10H,2-3,6-8H2,1H3;;;. The zero-order valence-electron chi connectivity index (χ0n) is 7.84. The van der Waals surface area contributed by atoms with E-state index in [1.165, 1.54) is 47.3 Å². The summed E-state index contributed by atoms with van der Waals surface area (Å²) in [6.45, 7) is 2.35. The van der Waals surface area contributed by atoms with Gasteiger partial charge in [-0.3, -0.25) is 0 Å². The van der Waals surface area contributed by atoms with Crippen molar-refractivity contribution in [2.24, 2.45) is 11.8 Å². The lowest BCUT2D eigenvalue weighted by molar-refractivity contribution is 0.324. The first-order valence-corrected chi connectivity index (χ1v) is 6.44. The molecule has 1 heteroatoms. The predicted molar refractivity (Wildman–Crippen MR) is 53.6 cm³/mol. The highest BCUT2D eigenvalue weighted by molar-refractivity contribution is 6.08. The quantitative estimate of drug-likeness (QED) is 0.446. The van der Waals surface area contributed by atoms with Crippen LogP contribution in [0.15, 0.2) is 12.2 Å². The van der Waals surface area contributed by atoms with E-state index in [0.29, 0.717) is 0 Å². The molecule has 0 aliphatic heterocycles. The second kappa shape index (κ2) is 5.01. The Morgan fingerprint density at radius 2 is 2.36 bits per heavy atom. The molecule has 11 heavy (non-hydrogen) atoms. The maximum Gasteiger partial charge on any atom is 0.212 e. The molecule has 0 saturated carbocycles. The summed E-state index contributed by atoms with van der Waals surface area (Å²) in [5.74, 6) is 2.08. The van der Waals surface area contributed by atoms with E-state index in [0.717, 1.165) is 11.8 Å². The van der Waals surface area contributed by atoms with Crippen molar-refractivity contribution in [3.63, 3.8) is 0 Å². The van der Waals surface area contributed by atoms with Gasteiger partial charge in [0, 0.05) is 0 Å². The molecule has 62 valence electrons. The molecule has 0 spiro atoms. The summed E-state index contributed by atoms with van der Waals surface area (Å²) in [5.41, 5.74) is 0. The van der Waals surface area contributed by atoms with E-state index in [2.05, 4.69) is 19.1 Å².